The summed E-state index contributed by atoms with van der Waals surface area (Å²) in [4.78, 5) is 26.6. The van der Waals surface area contributed by atoms with E-state index in [9.17, 15) is 9.59 Å². The molecule has 4 nitrogen and oxygen atoms in total. The topological polar surface area (TPSA) is 46.6 Å². The predicted octanol–water partition coefficient (Wildman–Crippen LogP) is 3.44. The minimum Gasteiger partial charge on any atom is -0.452 e. The Morgan fingerprint density at radius 1 is 1.17 bits per heavy atom. The Hall–Kier alpha value is -2.62. The first-order valence-electron chi connectivity index (χ1n) is 8.11. The summed E-state index contributed by atoms with van der Waals surface area (Å²) < 4.78 is 5.27. The van der Waals surface area contributed by atoms with E-state index >= 15 is 0 Å². The molecule has 1 unspecified atom stereocenters. The lowest BCUT2D eigenvalue weighted by Gasteiger charge is -2.22. The van der Waals surface area contributed by atoms with Crippen molar-refractivity contribution in [2.45, 2.75) is 33.2 Å². The first-order valence-corrected chi connectivity index (χ1v) is 8.11. The maximum Gasteiger partial charge on any atom is 0.338 e. The third-order valence-corrected chi connectivity index (χ3v) is 4.42. The van der Waals surface area contributed by atoms with E-state index in [4.69, 9.17) is 4.74 Å². The average Bonchev–Trinajstić information content (AvgIpc) is 2.90. The van der Waals surface area contributed by atoms with E-state index in [-0.39, 0.29) is 18.6 Å². The fraction of sp³-hybridized carbons (Fsp3) is 0.300. The number of hydrogen-bond donors (Lipinski definition) is 0. The quantitative estimate of drug-likeness (QED) is 0.813. The van der Waals surface area contributed by atoms with Gasteiger partial charge in [0.2, 0.25) is 0 Å². The molecule has 0 spiro atoms. The Kier molecular flexibility index (Phi) is 4.38. The Morgan fingerprint density at radius 3 is 2.71 bits per heavy atom. The van der Waals surface area contributed by atoms with Crippen LogP contribution >= 0.6 is 0 Å². The Morgan fingerprint density at radius 2 is 1.92 bits per heavy atom. The van der Waals surface area contributed by atoms with Crippen molar-refractivity contribution in [3.8, 4) is 0 Å². The van der Waals surface area contributed by atoms with E-state index in [1.807, 2.05) is 57.2 Å². The highest BCUT2D eigenvalue weighted by Crippen LogP contribution is 2.31. The van der Waals surface area contributed by atoms with Crippen molar-refractivity contribution in [1.82, 2.24) is 0 Å². The zero-order valence-corrected chi connectivity index (χ0v) is 14.2. The zero-order chi connectivity index (χ0) is 17.3. The molecular weight excluding hydrogens is 302 g/mol. The molecule has 124 valence electrons. The third-order valence-electron chi connectivity index (χ3n) is 4.42. The van der Waals surface area contributed by atoms with Crippen LogP contribution in [0.5, 0.6) is 0 Å². The molecule has 1 aliphatic rings. The molecule has 0 aliphatic carbocycles. The first kappa shape index (κ1) is 16.2. The second kappa shape index (κ2) is 6.48. The third kappa shape index (κ3) is 3.04. The van der Waals surface area contributed by atoms with Gasteiger partial charge in [0.15, 0.2) is 6.61 Å². The smallest absolute Gasteiger partial charge is 0.338 e. The van der Waals surface area contributed by atoms with E-state index in [2.05, 4.69) is 0 Å². The Labute approximate surface area is 142 Å². The van der Waals surface area contributed by atoms with Gasteiger partial charge in [0.05, 0.1) is 5.56 Å². The minimum atomic E-state index is -0.454. The van der Waals surface area contributed by atoms with Crippen LogP contribution < -0.4 is 4.90 Å². The summed E-state index contributed by atoms with van der Waals surface area (Å²) in [5, 5.41) is 0. The number of amides is 1. The van der Waals surface area contributed by atoms with Crippen LogP contribution in [0.25, 0.3) is 0 Å². The molecule has 1 aliphatic heterocycles. The molecule has 1 amide bonds. The number of nitrogens with zero attached hydrogens (tertiary/aromatic N) is 1. The number of carbonyl (C=O) groups is 2. The highest BCUT2D eigenvalue weighted by molar-refractivity contribution is 5.99. The van der Waals surface area contributed by atoms with Crippen molar-refractivity contribution in [1.29, 1.82) is 0 Å². The van der Waals surface area contributed by atoms with Crippen molar-refractivity contribution < 1.29 is 14.3 Å². The van der Waals surface area contributed by atoms with Gasteiger partial charge in [-0.2, -0.15) is 0 Å². The molecule has 0 radical (unpaired) electrons. The number of benzene rings is 2. The summed E-state index contributed by atoms with van der Waals surface area (Å²) in [5.41, 5.74) is 4.41. The summed E-state index contributed by atoms with van der Waals surface area (Å²) in [7, 11) is 0. The molecule has 1 heterocycles. The van der Waals surface area contributed by atoms with E-state index in [1.165, 1.54) is 0 Å². The van der Waals surface area contributed by atoms with Crippen LogP contribution in [0.15, 0.2) is 42.5 Å². The maximum absolute atomic E-state index is 12.6. The molecule has 0 fully saturated rings. The monoisotopic (exact) mass is 323 g/mol. The Balaban J connectivity index is 1.70. The van der Waals surface area contributed by atoms with Crippen LogP contribution in [0.2, 0.25) is 0 Å². The van der Waals surface area contributed by atoms with Gasteiger partial charge < -0.3 is 9.64 Å². The van der Waals surface area contributed by atoms with Crippen molar-refractivity contribution in [2.24, 2.45) is 0 Å². The fourth-order valence-electron chi connectivity index (χ4n) is 3.18. The van der Waals surface area contributed by atoms with Crippen LogP contribution in [0.1, 0.15) is 34.0 Å². The number of esters is 1. The molecule has 2 aromatic carbocycles. The lowest BCUT2D eigenvalue weighted by molar-refractivity contribution is -0.122. The van der Waals surface area contributed by atoms with Gasteiger partial charge in [0, 0.05) is 11.7 Å². The zero-order valence-electron chi connectivity index (χ0n) is 14.2. The largest absolute Gasteiger partial charge is 0.452 e. The first-order chi connectivity index (χ1) is 11.5. The van der Waals surface area contributed by atoms with Gasteiger partial charge in [0.25, 0.3) is 5.91 Å². The normalized spacial score (nSPS) is 16.0. The van der Waals surface area contributed by atoms with Crippen LogP contribution in [0.3, 0.4) is 0 Å². The van der Waals surface area contributed by atoms with Gasteiger partial charge in [-0.25, -0.2) is 4.79 Å². The molecule has 4 heteroatoms. The molecule has 0 bridgehead atoms. The number of aryl methyl sites for hydroxylation is 2. The van der Waals surface area contributed by atoms with E-state index in [1.54, 1.807) is 11.0 Å². The maximum atomic E-state index is 12.6. The molecule has 0 aromatic heterocycles. The SMILES string of the molecule is Cc1ccc(C)c(C(=O)OCC(=O)N2c3ccccc3CC2C)c1. The van der Waals surface area contributed by atoms with Crippen LogP contribution in [-0.4, -0.2) is 24.5 Å². The second-order valence-electron chi connectivity index (χ2n) is 6.34. The number of hydrogen-bond acceptors (Lipinski definition) is 3. The number of para-hydroxylation sites is 1. The molecule has 3 rings (SSSR count). The lowest BCUT2D eigenvalue weighted by atomic mass is 10.1. The number of ether oxygens (including phenoxy) is 1. The van der Waals surface area contributed by atoms with Crippen molar-refractivity contribution in [3.63, 3.8) is 0 Å². The average molecular weight is 323 g/mol. The molecule has 24 heavy (non-hydrogen) atoms. The van der Waals surface area contributed by atoms with Gasteiger partial charge in [0.1, 0.15) is 0 Å². The van der Waals surface area contributed by atoms with E-state index in [0.717, 1.165) is 28.8 Å². The number of rotatable bonds is 3. The summed E-state index contributed by atoms with van der Waals surface area (Å²) in [5.74, 6) is -0.643. The van der Waals surface area contributed by atoms with Gasteiger partial charge >= 0.3 is 5.97 Å². The van der Waals surface area contributed by atoms with E-state index < -0.39 is 5.97 Å². The summed E-state index contributed by atoms with van der Waals surface area (Å²) in [6.07, 6.45) is 0.826. The van der Waals surface area contributed by atoms with Crippen molar-refractivity contribution >= 4 is 17.6 Å². The number of anilines is 1. The van der Waals surface area contributed by atoms with Gasteiger partial charge in [-0.15, -0.1) is 0 Å². The van der Waals surface area contributed by atoms with Crippen LogP contribution in [0, 0.1) is 13.8 Å². The van der Waals surface area contributed by atoms with Gasteiger partial charge in [-0.1, -0.05) is 35.9 Å². The standard InChI is InChI=1S/C20H21NO3/c1-13-8-9-14(2)17(10-13)20(23)24-12-19(22)21-15(3)11-16-6-4-5-7-18(16)21/h4-10,15H,11-12H2,1-3H3. The summed E-state index contributed by atoms with van der Waals surface area (Å²) in [6, 6.07) is 13.5. The second-order valence-corrected chi connectivity index (χ2v) is 6.34. The minimum absolute atomic E-state index is 0.0781. The molecule has 1 atom stereocenters. The molecule has 2 aromatic rings. The van der Waals surface area contributed by atoms with Crippen molar-refractivity contribution in [2.75, 3.05) is 11.5 Å². The predicted molar refractivity (Wildman–Crippen MR) is 93.3 cm³/mol. The highest BCUT2D eigenvalue weighted by Gasteiger charge is 2.31. The number of fused-ring (bicyclic) bond motifs is 1. The Bertz CT molecular complexity index is 797. The highest BCUT2D eigenvalue weighted by atomic mass is 16.5. The van der Waals surface area contributed by atoms with Crippen LogP contribution in [-0.2, 0) is 16.0 Å². The summed E-state index contributed by atoms with van der Waals surface area (Å²) in [6.45, 7) is 5.54. The van der Waals surface area contributed by atoms with Gasteiger partial charge in [-0.3, -0.25) is 4.79 Å². The lowest BCUT2D eigenvalue weighted by Crippen LogP contribution is -2.38. The molecule has 0 saturated carbocycles. The van der Waals surface area contributed by atoms with E-state index in [0.29, 0.717) is 5.56 Å². The van der Waals surface area contributed by atoms with Crippen LogP contribution in [0.4, 0.5) is 5.69 Å². The van der Waals surface area contributed by atoms with Gasteiger partial charge in [-0.05, 0) is 50.5 Å². The number of carbonyl (C=O) groups excluding carboxylic acids is 2. The summed E-state index contributed by atoms with van der Waals surface area (Å²) >= 11 is 0. The molecular formula is C20H21NO3. The molecule has 0 N–H and O–H groups in total. The van der Waals surface area contributed by atoms with Crippen molar-refractivity contribution in [3.05, 3.63) is 64.7 Å². The fourth-order valence-corrected chi connectivity index (χ4v) is 3.18. The molecule has 0 saturated heterocycles.